The largest absolute Gasteiger partial charge is 0.443 e. The van der Waals surface area contributed by atoms with E-state index < -0.39 is 5.82 Å². The third kappa shape index (κ3) is 3.87. The molecule has 0 bridgehead atoms. The summed E-state index contributed by atoms with van der Waals surface area (Å²) in [5.74, 6) is 0.702. The topological polar surface area (TPSA) is 100 Å². The molecule has 2 aliphatic rings. The Kier molecular flexibility index (Phi) is 4.69. The average molecular weight is 446 g/mol. The molecule has 3 aromatic heterocycles. The van der Waals surface area contributed by atoms with Crippen LogP contribution in [-0.2, 0) is 0 Å². The minimum absolute atomic E-state index is 0.0126. The Hall–Kier alpha value is -3.01. The molecule has 2 fully saturated rings. The van der Waals surface area contributed by atoms with Crippen LogP contribution in [0.3, 0.4) is 0 Å². The number of carbonyl (C=O) groups is 1. The van der Waals surface area contributed by atoms with E-state index in [1.165, 1.54) is 0 Å². The van der Waals surface area contributed by atoms with Crippen molar-refractivity contribution in [3.8, 4) is 0 Å². The first-order chi connectivity index (χ1) is 14.8. The van der Waals surface area contributed by atoms with E-state index in [2.05, 4.69) is 32.2 Å². The van der Waals surface area contributed by atoms with Crippen molar-refractivity contribution in [1.82, 2.24) is 24.8 Å². The number of hydrogen-bond acceptors (Lipinski definition) is 8. The highest BCUT2D eigenvalue weighted by Gasteiger charge is 2.38. The maximum atomic E-state index is 14.1. The second-order valence-electron chi connectivity index (χ2n) is 8.25. The monoisotopic (exact) mass is 445 g/mol. The number of rotatable bonds is 4. The summed E-state index contributed by atoms with van der Waals surface area (Å²) in [6.07, 6.45) is 3.14. The quantitative estimate of drug-likeness (QED) is 0.611. The first-order valence-electron chi connectivity index (χ1n) is 10.1. The van der Waals surface area contributed by atoms with Gasteiger partial charge in [0.15, 0.2) is 11.6 Å². The van der Waals surface area contributed by atoms with Crippen LogP contribution in [0.15, 0.2) is 16.7 Å². The zero-order chi connectivity index (χ0) is 21.8. The number of nitrogens with one attached hydrogen (secondary N) is 1. The van der Waals surface area contributed by atoms with Crippen LogP contribution in [-0.4, -0.2) is 62.5 Å². The van der Waals surface area contributed by atoms with Crippen molar-refractivity contribution in [3.63, 3.8) is 0 Å². The number of aryl methyl sites for hydroxylation is 1. The lowest BCUT2D eigenvalue weighted by Crippen LogP contribution is -2.49. The lowest BCUT2D eigenvalue weighted by atomic mass is 10.2. The van der Waals surface area contributed by atoms with Crippen LogP contribution in [0.5, 0.6) is 0 Å². The number of piperazine rings is 1. The van der Waals surface area contributed by atoms with Crippen LogP contribution in [0.2, 0.25) is 5.28 Å². The maximum Gasteiger partial charge on any atom is 0.291 e. The molecule has 1 aliphatic carbocycles. The fraction of sp³-hybridized carbons (Fsp3) is 0.450. The molecular formula is C20H21ClFN7O2. The summed E-state index contributed by atoms with van der Waals surface area (Å²) in [5.41, 5.74) is 0.375. The van der Waals surface area contributed by atoms with Crippen LogP contribution >= 0.6 is 11.6 Å². The van der Waals surface area contributed by atoms with Crippen molar-refractivity contribution >= 4 is 40.2 Å². The molecular weight excluding hydrogens is 425 g/mol. The van der Waals surface area contributed by atoms with Gasteiger partial charge >= 0.3 is 0 Å². The van der Waals surface area contributed by atoms with E-state index >= 15 is 0 Å². The number of aromatic nitrogens is 4. The molecule has 1 saturated carbocycles. The van der Waals surface area contributed by atoms with E-state index in [4.69, 9.17) is 16.0 Å². The average Bonchev–Trinajstić information content (AvgIpc) is 3.34. The predicted octanol–water partition coefficient (Wildman–Crippen LogP) is 3.04. The summed E-state index contributed by atoms with van der Waals surface area (Å²) in [6, 6.07) is 1.87. The van der Waals surface area contributed by atoms with Crippen molar-refractivity contribution in [2.45, 2.75) is 32.2 Å². The van der Waals surface area contributed by atoms with Crippen molar-refractivity contribution < 1.29 is 13.6 Å². The van der Waals surface area contributed by atoms with Crippen LogP contribution in [0, 0.1) is 12.7 Å². The van der Waals surface area contributed by atoms with Crippen molar-refractivity contribution in [2.24, 2.45) is 0 Å². The molecule has 4 heterocycles. The SMILES string of the molecule is Cc1cc2c(NC3(C)CC3)nc(C(=O)N3CCN(c4nc(Cl)ncc4F)CC3)nc2o1. The van der Waals surface area contributed by atoms with E-state index in [0.29, 0.717) is 43.5 Å². The minimum atomic E-state index is -0.546. The second-order valence-corrected chi connectivity index (χ2v) is 8.59. The van der Waals surface area contributed by atoms with E-state index in [-0.39, 0.29) is 28.4 Å². The number of furan rings is 1. The second kappa shape index (κ2) is 7.30. The Bertz CT molecular complexity index is 1170. The number of amides is 1. The van der Waals surface area contributed by atoms with Crippen LogP contribution < -0.4 is 10.2 Å². The lowest BCUT2D eigenvalue weighted by Gasteiger charge is -2.35. The summed E-state index contributed by atoms with van der Waals surface area (Å²) in [5, 5.41) is 4.18. The molecule has 0 spiro atoms. The van der Waals surface area contributed by atoms with E-state index in [1.807, 2.05) is 13.0 Å². The number of nitrogens with zero attached hydrogens (tertiary/aromatic N) is 6. The highest BCUT2D eigenvalue weighted by Crippen LogP contribution is 2.39. The lowest BCUT2D eigenvalue weighted by molar-refractivity contribution is 0.0734. The number of halogens is 2. The van der Waals surface area contributed by atoms with Gasteiger partial charge in [-0.05, 0) is 44.4 Å². The van der Waals surface area contributed by atoms with Gasteiger partial charge < -0.3 is 19.5 Å². The summed E-state index contributed by atoms with van der Waals surface area (Å²) in [7, 11) is 0. The Morgan fingerprint density at radius 2 is 1.97 bits per heavy atom. The van der Waals surface area contributed by atoms with Gasteiger partial charge in [-0.25, -0.2) is 14.4 Å². The molecule has 9 nitrogen and oxygen atoms in total. The maximum absolute atomic E-state index is 14.1. The van der Waals surface area contributed by atoms with Gasteiger partial charge in [0.2, 0.25) is 16.8 Å². The number of anilines is 2. The molecule has 5 rings (SSSR count). The molecule has 11 heteroatoms. The minimum Gasteiger partial charge on any atom is -0.443 e. The molecule has 0 aromatic carbocycles. The molecule has 3 aromatic rings. The van der Waals surface area contributed by atoms with E-state index in [1.54, 1.807) is 9.80 Å². The Morgan fingerprint density at radius 1 is 1.23 bits per heavy atom. The fourth-order valence-electron chi connectivity index (χ4n) is 3.65. The van der Waals surface area contributed by atoms with Crippen LogP contribution in [0.25, 0.3) is 11.1 Å². The normalized spacial score (nSPS) is 17.8. The predicted molar refractivity (Wildman–Crippen MR) is 113 cm³/mol. The third-order valence-electron chi connectivity index (χ3n) is 5.69. The third-order valence-corrected chi connectivity index (χ3v) is 5.87. The van der Waals surface area contributed by atoms with Gasteiger partial charge in [0.1, 0.15) is 11.6 Å². The molecule has 1 N–H and O–H groups in total. The first-order valence-corrected chi connectivity index (χ1v) is 10.5. The van der Waals surface area contributed by atoms with Crippen LogP contribution in [0.4, 0.5) is 16.0 Å². The Morgan fingerprint density at radius 3 is 2.68 bits per heavy atom. The van der Waals surface area contributed by atoms with Gasteiger partial charge in [-0.15, -0.1) is 0 Å². The highest BCUT2D eigenvalue weighted by atomic mass is 35.5. The molecule has 1 saturated heterocycles. The summed E-state index contributed by atoms with van der Waals surface area (Å²) < 4.78 is 19.7. The smallest absolute Gasteiger partial charge is 0.291 e. The number of hydrogen-bond donors (Lipinski definition) is 1. The standard InChI is InChI=1S/C20H21ClFN7O2/c1-11-9-12-14(27-20(2)3-4-20)24-15(25-17(12)31-11)18(30)29-7-5-28(6-8-29)16-13(22)10-23-19(21)26-16/h9-10H,3-8H2,1-2H3,(H,24,25,27). The molecule has 0 radical (unpaired) electrons. The fourth-order valence-corrected chi connectivity index (χ4v) is 3.78. The summed E-state index contributed by atoms with van der Waals surface area (Å²) in [4.78, 5) is 33.0. The summed E-state index contributed by atoms with van der Waals surface area (Å²) in [6.45, 7) is 5.51. The molecule has 162 valence electrons. The van der Waals surface area contributed by atoms with Crippen molar-refractivity contribution in [3.05, 3.63) is 34.9 Å². The summed E-state index contributed by atoms with van der Waals surface area (Å²) >= 11 is 5.80. The van der Waals surface area contributed by atoms with Crippen molar-refractivity contribution in [2.75, 3.05) is 36.4 Å². The van der Waals surface area contributed by atoms with Gasteiger partial charge in [-0.1, -0.05) is 0 Å². The zero-order valence-electron chi connectivity index (χ0n) is 17.2. The molecule has 0 atom stereocenters. The van der Waals surface area contributed by atoms with Crippen molar-refractivity contribution in [1.29, 1.82) is 0 Å². The van der Waals surface area contributed by atoms with Gasteiger partial charge in [-0.3, -0.25) is 4.79 Å². The van der Waals surface area contributed by atoms with Gasteiger partial charge in [0.25, 0.3) is 5.91 Å². The number of fused-ring (bicyclic) bond motifs is 1. The van der Waals surface area contributed by atoms with Crippen LogP contribution in [0.1, 0.15) is 36.1 Å². The van der Waals surface area contributed by atoms with Gasteiger partial charge in [-0.2, -0.15) is 9.97 Å². The Balaban J connectivity index is 1.36. The van der Waals surface area contributed by atoms with Gasteiger partial charge in [0.05, 0.1) is 11.6 Å². The number of carbonyl (C=O) groups excluding carboxylic acids is 1. The van der Waals surface area contributed by atoms with E-state index in [9.17, 15) is 9.18 Å². The first kappa shape index (κ1) is 19.9. The molecule has 31 heavy (non-hydrogen) atoms. The van der Waals surface area contributed by atoms with E-state index in [0.717, 1.165) is 24.4 Å². The molecule has 0 unspecified atom stereocenters. The Labute approximate surface area is 182 Å². The zero-order valence-corrected chi connectivity index (χ0v) is 17.9. The van der Waals surface area contributed by atoms with Gasteiger partial charge in [0, 0.05) is 31.7 Å². The molecule has 1 amide bonds. The highest BCUT2D eigenvalue weighted by molar-refractivity contribution is 6.28. The molecule has 1 aliphatic heterocycles.